The topological polar surface area (TPSA) is 39.7 Å². The molecular formula is C14H27NO3. The highest BCUT2D eigenvalue weighted by atomic mass is 16.7. The normalized spacial score (nSPS) is 17.4. The van der Waals surface area contributed by atoms with Gasteiger partial charge in [0.05, 0.1) is 6.61 Å². The molecule has 0 aromatic rings. The fraction of sp³-hybridized carbons (Fsp3) is 0.857. The lowest BCUT2D eigenvalue weighted by atomic mass is 10.1. The first-order chi connectivity index (χ1) is 8.83. The van der Waals surface area contributed by atoms with Crippen LogP contribution in [0.1, 0.15) is 40.0 Å². The molecule has 1 aliphatic rings. The van der Waals surface area contributed by atoms with Gasteiger partial charge in [-0.1, -0.05) is 6.92 Å². The van der Waals surface area contributed by atoms with E-state index in [-0.39, 0.29) is 12.3 Å². The lowest BCUT2D eigenvalue weighted by Gasteiger charge is -2.30. The van der Waals surface area contributed by atoms with Gasteiger partial charge in [0.2, 0.25) is 0 Å². The van der Waals surface area contributed by atoms with Crippen molar-refractivity contribution in [3.8, 4) is 0 Å². The van der Waals surface area contributed by atoms with Crippen LogP contribution in [-0.4, -0.2) is 38.7 Å². The van der Waals surface area contributed by atoms with Crippen molar-refractivity contribution in [1.82, 2.24) is 5.32 Å². The molecule has 4 nitrogen and oxygen atoms in total. The SMILES string of the molecule is CCCNC(C1=CCCCO1)C(OCC)OCC. The molecule has 1 atom stereocenters. The summed E-state index contributed by atoms with van der Waals surface area (Å²) in [5, 5.41) is 3.47. The van der Waals surface area contributed by atoms with Crippen LogP contribution >= 0.6 is 0 Å². The van der Waals surface area contributed by atoms with E-state index in [4.69, 9.17) is 14.2 Å². The molecule has 0 fully saturated rings. The third-order valence-corrected chi connectivity index (χ3v) is 2.82. The summed E-state index contributed by atoms with van der Waals surface area (Å²) in [6, 6.07) is 0.00477. The Labute approximate surface area is 111 Å². The lowest BCUT2D eigenvalue weighted by Crippen LogP contribution is -2.45. The Hall–Kier alpha value is -0.580. The highest BCUT2D eigenvalue weighted by Crippen LogP contribution is 2.18. The summed E-state index contributed by atoms with van der Waals surface area (Å²) < 4.78 is 17.1. The van der Waals surface area contributed by atoms with Gasteiger partial charge in [0.15, 0.2) is 6.29 Å². The standard InChI is InChI=1S/C14H27NO3/c1-4-10-15-13(12-9-7-8-11-18-12)14(16-5-2)17-6-3/h9,13-15H,4-8,10-11H2,1-3H3. The van der Waals surface area contributed by atoms with Gasteiger partial charge < -0.3 is 19.5 Å². The second-order valence-electron chi connectivity index (χ2n) is 4.31. The van der Waals surface area contributed by atoms with Gasteiger partial charge in [-0.2, -0.15) is 0 Å². The van der Waals surface area contributed by atoms with E-state index in [0.29, 0.717) is 13.2 Å². The van der Waals surface area contributed by atoms with Crippen LogP contribution in [-0.2, 0) is 14.2 Å². The van der Waals surface area contributed by atoms with Crippen molar-refractivity contribution in [3.63, 3.8) is 0 Å². The van der Waals surface area contributed by atoms with Gasteiger partial charge in [-0.15, -0.1) is 0 Å². The van der Waals surface area contributed by atoms with Gasteiger partial charge in [0.25, 0.3) is 0 Å². The van der Waals surface area contributed by atoms with E-state index >= 15 is 0 Å². The minimum atomic E-state index is -0.268. The van der Waals surface area contributed by atoms with E-state index < -0.39 is 0 Å². The Morgan fingerprint density at radius 2 is 2.00 bits per heavy atom. The van der Waals surface area contributed by atoms with E-state index in [9.17, 15) is 0 Å². The predicted octanol–water partition coefficient (Wildman–Crippen LogP) is 2.45. The Kier molecular flexibility index (Phi) is 8.05. The summed E-state index contributed by atoms with van der Waals surface area (Å²) in [5.74, 6) is 0.974. The van der Waals surface area contributed by atoms with Crippen LogP contribution in [0.5, 0.6) is 0 Å². The Balaban J connectivity index is 2.69. The molecule has 4 heteroatoms. The minimum Gasteiger partial charge on any atom is -0.496 e. The number of hydrogen-bond donors (Lipinski definition) is 1. The summed E-state index contributed by atoms with van der Waals surface area (Å²) in [5.41, 5.74) is 0. The molecule has 0 aromatic carbocycles. The van der Waals surface area contributed by atoms with Crippen molar-refractivity contribution in [2.24, 2.45) is 0 Å². The Morgan fingerprint density at radius 1 is 1.28 bits per heavy atom. The third kappa shape index (κ3) is 4.96. The molecule has 1 heterocycles. The van der Waals surface area contributed by atoms with Crippen LogP contribution in [0.4, 0.5) is 0 Å². The summed E-state index contributed by atoms with van der Waals surface area (Å²) in [6.45, 7) is 9.13. The molecule has 0 aromatic heterocycles. The largest absolute Gasteiger partial charge is 0.496 e. The summed E-state index contributed by atoms with van der Waals surface area (Å²) in [4.78, 5) is 0. The van der Waals surface area contributed by atoms with E-state index in [1.54, 1.807) is 0 Å². The van der Waals surface area contributed by atoms with E-state index in [1.165, 1.54) is 0 Å². The van der Waals surface area contributed by atoms with Gasteiger partial charge in [-0.05, 0) is 45.7 Å². The van der Waals surface area contributed by atoms with Gasteiger partial charge in [0.1, 0.15) is 11.8 Å². The van der Waals surface area contributed by atoms with Crippen LogP contribution in [0.3, 0.4) is 0 Å². The van der Waals surface area contributed by atoms with Gasteiger partial charge in [-0.25, -0.2) is 0 Å². The molecule has 0 saturated carbocycles. The van der Waals surface area contributed by atoms with E-state index in [2.05, 4.69) is 18.3 Å². The minimum absolute atomic E-state index is 0.00477. The monoisotopic (exact) mass is 257 g/mol. The van der Waals surface area contributed by atoms with E-state index in [1.807, 2.05) is 13.8 Å². The van der Waals surface area contributed by atoms with Crippen molar-refractivity contribution in [3.05, 3.63) is 11.8 Å². The Morgan fingerprint density at radius 3 is 2.50 bits per heavy atom. The fourth-order valence-corrected chi connectivity index (χ4v) is 1.99. The molecule has 18 heavy (non-hydrogen) atoms. The van der Waals surface area contributed by atoms with Crippen molar-refractivity contribution >= 4 is 0 Å². The molecule has 0 saturated heterocycles. The number of rotatable bonds is 9. The predicted molar refractivity (Wildman–Crippen MR) is 72.4 cm³/mol. The van der Waals surface area contributed by atoms with Crippen LogP contribution in [0.2, 0.25) is 0 Å². The molecular weight excluding hydrogens is 230 g/mol. The zero-order valence-electron chi connectivity index (χ0n) is 11.9. The number of ether oxygens (including phenoxy) is 3. The highest BCUT2D eigenvalue weighted by Gasteiger charge is 2.27. The first kappa shape index (κ1) is 15.5. The smallest absolute Gasteiger partial charge is 0.179 e. The zero-order valence-corrected chi connectivity index (χ0v) is 11.9. The number of allylic oxidation sites excluding steroid dienone is 1. The van der Waals surface area contributed by atoms with Crippen LogP contribution in [0, 0.1) is 0 Å². The van der Waals surface area contributed by atoms with Crippen molar-refractivity contribution in [2.75, 3.05) is 26.4 Å². The second-order valence-corrected chi connectivity index (χ2v) is 4.31. The number of nitrogens with one attached hydrogen (secondary N) is 1. The molecule has 1 N–H and O–H groups in total. The maximum atomic E-state index is 5.75. The maximum Gasteiger partial charge on any atom is 0.179 e. The van der Waals surface area contributed by atoms with Crippen LogP contribution in [0.15, 0.2) is 11.8 Å². The molecule has 0 amide bonds. The highest BCUT2D eigenvalue weighted by molar-refractivity contribution is 5.07. The zero-order chi connectivity index (χ0) is 13.2. The molecule has 1 aliphatic heterocycles. The van der Waals surface area contributed by atoms with Crippen LogP contribution < -0.4 is 5.32 Å². The first-order valence-corrected chi connectivity index (χ1v) is 7.12. The van der Waals surface area contributed by atoms with Gasteiger partial charge in [0, 0.05) is 13.2 Å². The summed E-state index contributed by atoms with van der Waals surface area (Å²) >= 11 is 0. The fourth-order valence-electron chi connectivity index (χ4n) is 1.99. The van der Waals surface area contributed by atoms with Crippen LogP contribution in [0.25, 0.3) is 0 Å². The van der Waals surface area contributed by atoms with Crippen molar-refractivity contribution < 1.29 is 14.2 Å². The molecule has 0 spiro atoms. The molecule has 1 unspecified atom stereocenters. The Bertz CT molecular complexity index is 237. The third-order valence-electron chi connectivity index (χ3n) is 2.82. The molecule has 1 rings (SSSR count). The first-order valence-electron chi connectivity index (χ1n) is 7.12. The average Bonchev–Trinajstić information content (AvgIpc) is 2.41. The molecule has 0 radical (unpaired) electrons. The van der Waals surface area contributed by atoms with Crippen molar-refractivity contribution in [1.29, 1.82) is 0 Å². The van der Waals surface area contributed by atoms with Gasteiger partial charge >= 0.3 is 0 Å². The quantitative estimate of drug-likeness (QED) is 0.644. The molecule has 0 aliphatic carbocycles. The summed E-state index contributed by atoms with van der Waals surface area (Å²) in [7, 11) is 0. The van der Waals surface area contributed by atoms with E-state index in [0.717, 1.165) is 38.2 Å². The maximum absolute atomic E-state index is 5.75. The average molecular weight is 257 g/mol. The number of hydrogen-bond acceptors (Lipinski definition) is 4. The van der Waals surface area contributed by atoms with Crippen molar-refractivity contribution in [2.45, 2.75) is 52.4 Å². The molecule has 0 bridgehead atoms. The second kappa shape index (κ2) is 9.36. The molecule has 106 valence electrons. The summed E-state index contributed by atoms with van der Waals surface area (Å²) in [6.07, 6.45) is 5.13. The lowest BCUT2D eigenvalue weighted by molar-refractivity contribution is -0.154. The van der Waals surface area contributed by atoms with Gasteiger partial charge in [-0.3, -0.25) is 0 Å².